The first-order valence-corrected chi connectivity index (χ1v) is 6.94. The van der Waals surface area contributed by atoms with Crippen molar-refractivity contribution in [3.05, 3.63) is 0 Å². The number of hydrogen-bond acceptors (Lipinski definition) is 8. The summed E-state index contributed by atoms with van der Waals surface area (Å²) in [6, 6.07) is -2.26. The van der Waals surface area contributed by atoms with E-state index < -0.39 is 55.1 Å². The number of carbonyl (C=O) groups is 2. The van der Waals surface area contributed by atoms with Crippen LogP contribution >= 0.6 is 12.6 Å². The summed E-state index contributed by atoms with van der Waals surface area (Å²) in [6.07, 6.45) is -5.77. The molecule has 1 rings (SSSR count). The van der Waals surface area contributed by atoms with Gasteiger partial charge in [0.05, 0.1) is 6.61 Å². The lowest BCUT2D eigenvalue weighted by Gasteiger charge is -2.40. The van der Waals surface area contributed by atoms with Gasteiger partial charge >= 0.3 is 0 Å². The molecular formula is C11H20N2O7S. The van der Waals surface area contributed by atoms with Crippen molar-refractivity contribution in [1.29, 1.82) is 0 Å². The predicted octanol–water partition coefficient (Wildman–Crippen LogP) is -3.66. The fourth-order valence-electron chi connectivity index (χ4n) is 1.96. The van der Waals surface area contributed by atoms with Crippen molar-refractivity contribution in [3.63, 3.8) is 0 Å². The van der Waals surface area contributed by atoms with Crippen LogP contribution in [0.4, 0.5) is 0 Å². The van der Waals surface area contributed by atoms with Crippen LogP contribution in [-0.2, 0) is 14.3 Å². The van der Waals surface area contributed by atoms with Gasteiger partial charge in [0.2, 0.25) is 11.8 Å². The lowest BCUT2D eigenvalue weighted by atomic mass is 9.97. The van der Waals surface area contributed by atoms with Gasteiger partial charge in [-0.3, -0.25) is 9.59 Å². The van der Waals surface area contributed by atoms with E-state index in [1.807, 2.05) is 0 Å². The van der Waals surface area contributed by atoms with Crippen molar-refractivity contribution in [2.45, 2.75) is 43.6 Å². The third-order valence-corrected chi connectivity index (χ3v) is 3.45. The summed E-state index contributed by atoms with van der Waals surface area (Å²) in [6.45, 7) is 0.633. The molecule has 2 amide bonds. The third-order valence-electron chi connectivity index (χ3n) is 3.09. The van der Waals surface area contributed by atoms with Gasteiger partial charge in [-0.1, -0.05) is 0 Å². The molecule has 5 unspecified atom stereocenters. The number of hydrogen-bond donors (Lipinski definition) is 7. The van der Waals surface area contributed by atoms with Crippen LogP contribution in [0.3, 0.4) is 0 Å². The smallest absolute Gasteiger partial charge is 0.243 e. The Hall–Kier alpha value is -0.910. The predicted molar refractivity (Wildman–Crippen MR) is 73.4 cm³/mol. The first-order chi connectivity index (χ1) is 9.81. The summed E-state index contributed by atoms with van der Waals surface area (Å²) in [5.74, 6) is -1.13. The van der Waals surface area contributed by atoms with E-state index >= 15 is 0 Å². The summed E-state index contributed by atoms with van der Waals surface area (Å²) < 4.78 is 4.90. The molecule has 9 nitrogen and oxygen atoms in total. The van der Waals surface area contributed by atoms with Crippen molar-refractivity contribution >= 4 is 24.4 Å². The molecule has 0 saturated carbocycles. The molecule has 0 aliphatic carbocycles. The molecule has 0 aromatic carbocycles. The fourth-order valence-corrected chi connectivity index (χ4v) is 2.21. The maximum Gasteiger partial charge on any atom is 0.243 e. The lowest BCUT2D eigenvalue weighted by Crippen LogP contribution is -2.65. The Labute approximate surface area is 126 Å². The summed E-state index contributed by atoms with van der Waals surface area (Å²) in [4.78, 5) is 22.9. The lowest BCUT2D eigenvalue weighted by molar-refractivity contribution is -0.253. The van der Waals surface area contributed by atoms with Gasteiger partial charge in [0.1, 0.15) is 30.4 Å². The van der Waals surface area contributed by atoms with Crippen molar-refractivity contribution in [2.24, 2.45) is 0 Å². The van der Waals surface area contributed by atoms with E-state index in [1.165, 1.54) is 6.92 Å². The van der Waals surface area contributed by atoms with Crippen LogP contribution in [0, 0.1) is 0 Å². The summed E-state index contributed by atoms with van der Waals surface area (Å²) >= 11 is 3.93. The van der Waals surface area contributed by atoms with Crippen molar-refractivity contribution in [1.82, 2.24) is 10.6 Å². The van der Waals surface area contributed by atoms with E-state index in [9.17, 15) is 24.9 Å². The molecule has 1 aliphatic rings. The Morgan fingerprint density at radius 2 is 1.90 bits per heavy atom. The molecule has 0 aromatic rings. The maximum atomic E-state index is 11.9. The Morgan fingerprint density at radius 1 is 1.29 bits per heavy atom. The van der Waals surface area contributed by atoms with E-state index in [2.05, 4.69) is 23.3 Å². The highest BCUT2D eigenvalue weighted by Gasteiger charge is 2.44. The van der Waals surface area contributed by atoms with E-state index in [-0.39, 0.29) is 5.75 Å². The van der Waals surface area contributed by atoms with Gasteiger partial charge in [-0.2, -0.15) is 12.6 Å². The molecule has 1 fully saturated rings. The Bertz CT molecular complexity index is 384. The van der Waals surface area contributed by atoms with Gasteiger partial charge < -0.3 is 35.8 Å². The second-order valence-electron chi connectivity index (χ2n) is 4.70. The highest BCUT2D eigenvalue weighted by atomic mass is 32.1. The molecular weight excluding hydrogens is 304 g/mol. The van der Waals surface area contributed by atoms with Crippen LogP contribution < -0.4 is 10.6 Å². The SMILES string of the molecule is CC(=O)NC(CS)C(=O)NC1C(O)OC(CO)[C@H](O)C1O. The zero-order valence-corrected chi connectivity index (χ0v) is 12.2. The standard InChI is InChI=1S/C11H20N2O7S/c1-4(15)12-5(3-21)10(18)13-7-9(17)8(16)6(2-14)20-11(7)19/h5-9,11,14,16-17,19,21H,2-3H2,1H3,(H,12,15)(H,13,18)/t5?,6?,7?,8-,9?,11?/m0/s1. The minimum absolute atomic E-state index is 0.00694. The van der Waals surface area contributed by atoms with Crippen molar-refractivity contribution < 1.29 is 34.8 Å². The second-order valence-corrected chi connectivity index (χ2v) is 5.06. The minimum Gasteiger partial charge on any atom is -0.394 e. The normalized spacial score (nSPS) is 34.1. The monoisotopic (exact) mass is 324 g/mol. The topological polar surface area (TPSA) is 148 Å². The van der Waals surface area contributed by atoms with Gasteiger partial charge in [0, 0.05) is 12.7 Å². The van der Waals surface area contributed by atoms with Crippen LogP contribution in [0.15, 0.2) is 0 Å². The molecule has 6 N–H and O–H groups in total. The van der Waals surface area contributed by atoms with E-state index in [0.29, 0.717) is 0 Å². The van der Waals surface area contributed by atoms with E-state index in [4.69, 9.17) is 9.84 Å². The first kappa shape index (κ1) is 18.1. The maximum absolute atomic E-state index is 11.9. The molecule has 6 atom stereocenters. The molecule has 1 heterocycles. The van der Waals surface area contributed by atoms with Crippen molar-refractivity contribution in [3.8, 4) is 0 Å². The average Bonchev–Trinajstić information content (AvgIpc) is 2.44. The van der Waals surface area contributed by atoms with Gasteiger partial charge in [-0.25, -0.2) is 0 Å². The number of aliphatic hydroxyl groups excluding tert-OH is 4. The molecule has 0 bridgehead atoms. The Balaban J connectivity index is 2.72. The van der Waals surface area contributed by atoms with Crippen LogP contribution in [0.25, 0.3) is 0 Å². The summed E-state index contributed by atoms with van der Waals surface area (Å²) in [7, 11) is 0. The fraction of sp³-hybridized carbons (Fsp3) is 0.818. The van der Waals surface area contributed by atoms with Crippen LogP contribution in [0.5, 0.6) is 0 Å². The van der Waals surface area contributed by atoms with Crippen molar-refractivity contribution in [2.75, 3.05) is 12.4 Å². The number of aliphatic hydroxyl groups is 4. The number of ether oxygens (including phenoxy) is 1. The zero-order chi connectivity index (χ0) is 16.2. The van der Waals surface area contributed by atoms with E-state index in [0.717, 1.165) is 0 Å². The number of amides is 2. The molecule has 21 heavy (non-hydrogen) atoms. The largest absolute Gasteiger partial charge is 0.394 e. The first-order valence-electron chi connectivity index (χ1n) is 6.30. The van der Waals surface area contributed by atoms with Crippen LogP contribution in [0.2, 0.25) is 0 Å². The molecule has 0 aromatic heterocycles. The van der Waals surface area contributed by atoms with Gasteiger partial charge in [-0.05, 0) is 0 Å². The van der Waals surface area contributed by atoms with Gasteiger partial charge in [0.25, 0.3) is 0 Å². The highest BCUT2D eigenvalue weighted by molar-refractivity contribution is 7.80. The summed E-state index contributed by atoms with van der Waals surface area (Å²) in [5.41, 5.74) is 0. The number of rotatable bonds is 5. The van der Waals surface area contributed by atoms with Gasteiger partial charge in [-0.15, -0.1) is 0 Å². The zero-order valence-electron chi connectivity index (χ0n) is 11.3. The van der Waals surface area contributed by atoms with Gasteiger partial charge in [0.15, 0.2) is 6.29 Å². The molecule has 122 valence electrons. The molecule has 0 radical (unpaired) electrons. The third kappa shape index (κ3) is 4.53. The summed E-state index contributed by atoms with van der Waals surface area (Å²) in [5, 5.41) is 42.9. The molecule has 10 heteroatoms. The molecule has 0 spiro atoms. The minimum atomic E-state index is -1.61. The van der Waals surface area contributed by atoms with Crippen LogP contribution in [0.1, 0.15) is 6.92 Å². The Morgan fingerprint density at radius 3 is 2.38 bits per heavy atom. The highest BCUT2D eigenvalue weighted by Crippen LogP contribution is 2.19. The molecule has 1 aliphatic heterocycles. The molecule has 1 saturated heterocycles. The van der Waals surface area contributed by atoms with E-state index in [1.54, 1.807) is 0 Å². The second kappa shape index (κ2) is 7.92. The Kier molecular flexibility index (Phi) is 6.84. The number of carbonyl (C=O) groups excluding carboxylic acids is 2. The number of nitrogens with one attached hydrogen (secondary N) is 2. The number of thiol groups is 1. The average molecular weight is 324 g/mol. The quantitative estimate of drug-likeness (QED) is 0.258. The van der Waals surface area contributed by atoms with Crippen LogP contribution in [-0.4, -0.2) is 81.3 Å².